The van der Waals surface area contributed by atoms with Gasteiger partial charge in [-0.2, -0.15) is 0 Å². The van der Waals surface area contributed by atoms with Gasteiger partial charge in [0.25, 0.3) is 0 Å². The SMILES string of the molecule is CCNC1CC2CCC(C1)N2Cc1sccc1Br. The van der Waals surface area contributed by atoms with Crippen LogP contribution in [-0.2, 0) is 6.54 Å². The van der Waals surface area contributed by atoms with Gasteiger partial charge >= 0.3 is 0 Å². The molecule has 0 aromatic carbocycles. The number of piperidine rings is 1. The van der Waals surface area contributed by atoms with Gasteiger partial charge in [0.1, 0.15) is 0 Å². The second kappa shape index (κ2) is 5.61. The third-order valence-corrected chi connectivity index (χ3v) is 6.31. The van der Waals surface area contributed by atoms with Crippen molar-refractivity contribution in [3.8, 4) is 0 Å². The first-order valence-electron chi connectivity index (χ1n) is 6.99. The molecule has 0 amide bonds. The molecule has 0 spiro atoms. The van der Waals surface area contributed by atoms with Crippen LogP contribution in [-0.4, -0.2) is 29.6 Å². The third kappa shape index (κ3) is 2.53. The largest absolute Gasteiger partial charge is 0.314 e. The monoisotopic (exact) mass is 328 g/mol. The van der Waals surface area contributed by atoms with E-state index in [2.05, 4.69) is 44.5 Å². The molecule has 2 nitrogen and oxygen atoms in total. The van der Waals surface area contributed by atoms with Gasteiger partial charge in [0, 0.05) is 34.0 Å². The number of fused-ring (bicyclic) bond motifs is 2. The molecule has 4 heteroatoms. The normalized spacial score (nSPS) is 32.0. The van der Waals surface area contributed by atoms with Crippen LogP contribution in [0.25, 0.3) is 0 Å². The van der Waals surface area contributed by atoms with E-state index in [4.69, 9.17) is 0 Å². The van der Waals surface area contributed by atoms with E-state index in [1.54, 1.807) is 0 Å². The Morgan fingerprint density at radius 3 is 2.67 bits per heavy atom. The van der Waals surface area contributed by atoms with Gasteiger partial charge in [-0.25, -0.2) is 0 Å². The summed E-state index contributed by atoms with van der Waals surface area (Å²) in [5, 5.41) is 5.83. The Kier molecular flexibility index (Phi) is 4.09. The molecule has 100 valence electrons. The molecule has 2 aliphatic heterocycles. The fraction of sp³-hybridized carbons (Fsp3) is 0.714. The number of hydrogen-bond acceptors (Lipinski definition) is 3. The summed E-state index contributed by atoms with van der Waals surface area (Å²) in [7, 11) is 0. The Hall–Kier alpha value is 0.100. The smallest absolute Gasteiger partial charge is 0.0345 e. The molecule has 2 atom stereocenters. The van der Waals surface area contributed by atoms with Gasteiger partial charge in [0.15, 0.2) is 0 Å². The zero-order valence-corrected chi connectivity index (χ0v) is 13.3. The Balaban J connectivity index is 1.67. The Labute approximate surface area is 122 Å². The molecule has 18 heavy (non-hydrogen) atoms. The molecule has 2 bridgehead atoms. The van der Waals surface area contributed by atoms with E-state index in [-0.39, 0.29) is 0 Å². The first kappa shape index (κ1) is 13.1. The molecule has 2 fully saturated rings. The summed E-state index contributed by atoms with van der Waals surface area (Å²) in [6.07, 6.45) is 5.48. The second-order valence-electron chi connectivity index (χ2n) is 5.48. The molecule has 0 aliphatic carbocycles. The van der Waals surface area contributed by atoms with Crippen molar-refractivity contribution >= 4 is 27.3 Å². The molecule has 1 aromatic heterocycles. The number of nitrogens with one attached hydrogen (secondary N) is 1. The van der Waals surface area contributed by atoms with Gasteiger partial charge in [-0.15, -0.1) is 11.3 Å². The molecular weight excluding hydrogens is 308 g/mol. The van der Waals surface area contributed by atoms with Gasteiger partial charge in [0.2, 0.25) is 0 Å². The highest BCUT2D eigenvalue weighted by atomic mass is 79.9. The minimum atomic E-state index is 0.760. The van der Waals surface area contributed by atoms with Gasteiger partial charge in [0.05, 0.1) is 0 Å². The summed E-state index contributed by atoms with van der Waals surface area (Å²) in [5.74, 6) is 0. The van der Waals surface area contributed by atoms with Crippen molar-refractivity contribution in [1.82, 2.24) is 10.2 Å². The molecule has 2 aliphatic rings. The van der Waals surface area contributed by atoms with Gasteiger partial charge in [-0.05, 0) is 59.6 Å². The Morgan fingerprint density at radius 1 is 1.39 bits per heavy atom. The summed E-state index contributed by atoms with van der Waals surface area (Å²) in [6, 6.07) is 4.55. The number of hydrogen-bond donors (Lipinski definition) is 1. The standard InChI is InChI=1S/C14H21BrN2S/c1-2-16-10-7-11-3-4-12(8-10)17(11)9-14-13(15)5-6-18-14/h5-6,10-12,16H,2-4,7-9H2,1H3. The zero-order chi connectivity index (χ0) is 12.5. The lowest BCUT2D eigenvalue weighted by molar-refractivity contribution is 0.111. The van der Waals surface area contributed by atoms with Crippen LogP contribution in [0.5, 0.6) is 0 Å². The topological polar surface area (TPSA) is 15.3 Å². The highest BCUT2D eigenvalue weighted by Gasteiger charge is 2.40. The summed E-state index contributed by atoms with van der Waals surface area (Å²) in [5.41, 5.74) is 0. The lowest BCUT2D eigenvalue weighted by Crippen LogP contribution is -2.48. The average Bonchev–Trinajstić information content (AvgIpc) is 2.84. The van der Waals surface area contributed by atoms with Crippen molar-refractivity contribution in [3.05, 3.63) is 20.8 Å². The third-order valence-electron chi connectivity index (χ3n) is 4.39. The van der Waals surface area contributed by atoms with Crippen molar-refractivity contribution in [2.45, 2.75) is 57.3 Å². The Morgan fingerprint density at radius 2 is 2.11 bits per heavy atom. The summed E-state index contributed by atoms with van der Waals surface area (Å²) < 4.78 is 1.29. The van der Waals surface area contributed by atoms with Crippen molar-refractivity contribution < 1.29 is 0 Å². The predicted octanol–water partition coefficient (Wildman–Crippen LogP) is 3.62. The molecule has 2 unspecified atom stereocenters. The van der Waals surface area contributed by atoms with E-state index in [0.29, 0.717) is 0 Å². The first-order valence-corrected chi connectivity index (χ1v) is 8.66. The molecule has 3 heterocycles. The van der Waals surface area contributed by atoms with Crippen LogP contribution < -0.4 is 5.32 Å². The van der Waals surface area contributed by atoms with Crippen molar-refractivity contribution in [2.75, 3.05) is 6.54 Å². The average molecular weight is 329 g/mol. The highest BCUT2D eigenvalue weighted by Crippen LogP contribution is 2.38. The van der Waals surface area contributed by atoms with E-state index >= 15 is 0 Å². The maximum absolute atomic E-state index is 3.66. The maximum Gasteiger partial charge on any atom is 0.0345 e. The van der Waals surface area contributed by atoms with Gasteiger partial charge in [-0.3, -0.25) is 4.90 Å². The first-order chi connectivity index (χ1) is 8.78. The highest BCUT2D eigenvalue weighted by molar-refractivity contribution is 9.10. The van der Waals surface area contributed by atoms with E-state index in [1.807, 2.05) is 11.3 Å². The van der Waals surface area contributed by atoms with Crippen LogP contribution in [0, 0.1) is 0 Å². The van der Waals surface area contributed by atoms with Crippen LogP contribution in [0.15, 0.2) is 15.9 Å². The van der Waals surface area contributed by atoms with E-state index in [9.17, 15) is 0 Å². The summed E-state index contributed by atoms with van der Waals surface area (Å²) in [6.45, 7) is 4.48. The summed E-state index contributed by atoms with van der Waals surface area (Å²) >= 11 is 5.54. The van der Waals surface area contributed by atoms with Crippen LogP contribution >= 0.6 is 27.3 Å². The van der Waals surface area contributed by atoms with Crippen molar-refractivity contribution in [1.29, 1.82) is 0 Å². The molecule has 0 saturated carbocycles. The molecule has 0 radical (unpaired) electrons. The molecule has 1 N–H and O–H groups in total. The fourth-order valence-corrected chi connectivity index (χ4v) is 5.08. The molecule has 2 saturated heterocycles. The zero-order valence-electron chi connectivity index (χ0n) is 10.9. The minimum absolute atomic E-state index is 0.760. The minimum Gasteiger partial charge on any atom is -0.314 e. The molecule has 1 aromatic rings. The number of halogens is 1. The van der Waals surface area contributed by atoms with Gasteiger partial charge in [-0.1, -0.05) is 6.92 Å². The molecule has 3 rings (SSSR count). The van der Waals surface area contributed by atoms with Crippen LogP contribution in [0.3, 0.4) is 0 Å². The van der Waals surface area contributed by atoms with E-state index in [0.717, 1.165) is 31.2 Å². The predicted molar refractivity (Wildman–Crippen MR) is 81.1 cm³/mol. The summed E-state index contributed by atoms with van der Waals surface area (Å²) in [4.78, 5) is 4.25. The van der Waals surface area contributed by atoms with Crippen LogP contribution in [0.1, 0.15) is 37.5 Å². The van der Waals surface area contributed by atoms with Crippen LogP contribution in [0.2, 0.25) is 0 Å². The number of rotatable bonds is 4. The second-order valence-corrected chi connectivity index (χ2v) is 7.33. The fourth-order valence-electron chi connectivity index (χ4n) is 3.59. The number of nitrogens with zero attached hydrogens (tertiary/aromatic N) is 1. The molecular formula is C14H21BrN2S. The quantitative estimate of drug-likeness (QED) is 0.908. The lowest BCUT2D eigenvalue weighted by atomic mass is 9.97. The number of thiophene rings is 1. The van der Waals surface area contributed by atoms with Crippen LogP contribution in [0.4, 0.5) is 0 Å². The van der Waals surface area contributed by atoms with E-state index in [1.165, 1.54) is 35.0 Å². The van der Waals surface area contributed by atoms with Crippen molar-refractivity contribution in [3.63, 3.8) is 0 Å². The maximum atomic E-state index is 3.66. The Bertz CT molecular complexity index is 392. The van der Waals surface area contributed by atoms with E-state index < -0.39 is 0 Å². The lowest BCUT2D eigenvalue weighted by Gasteiger charge is -2.39. The van der Waals surface area contributed by atoms with Gasteiger partial charge < -0.3 is 5.32 Å². The van der Waals surface area contributed by atoms with Crippen molar-refractivity contribution in [2.24, 2.45) is 0 Å².